The number of carbonyl (C=O) groups is 1. The van der Waals surface area contributed by atoms with E-state index in [2.05, 4.69) is 39.4 Å². The number of piperazine rings is 1. The molecular weight excluding hydrogens is 404 g/mol. The minimum Gasteiger partial charge on any atom is -0.508 e. The number of amides is 1. The number of nitrogens with zero attached hydrogens (tertiary/aromatic N) is 3. The number of aromatic hydroxyl groups is 2. The Labute approximate surface area is 188 Å². The highest BCUT2D eigenvalue weighted by molar-refractivity contribution is 5.85. The van der Waals surface area contributed by atoms with Crippen LogP contribution in [-0.2, 0) is 11.3 Å². The van der Waals surface area contributed by atoms with Gasteiger partial charge in [-0.15, -0.1) is 0 Å². The molecule has 1 amide bonds. The highest BCUT2D eigenvalue weighted by atomic mass is 16.3. The van der Waals surface area contributed by atoms with Gasteiger partial charge in [-0.25, -0.2) is 0 Å². The summed E-state index contributed by atoms with van der Waals surface area (Å²) in [6.45, 7) is 10.1. The summed E-state index contributed by atoms with van der Waals surface area (Å²) in [5.74, 6) is 0.213. The summed E-state index contributed by atoms with van der Waals surface area (Å²) < 4.78 is 0. The van der Waals surface area contributed by atoms with Gasteiger partial charge < -0.3 is 15.1 Å². The Hall–Kier alpha value is -3.32. The maximum Gasteiger partial charge on any atom is 0.209 e. The Morgan fingerprint density at radius 2 is 1.75 bits per heavy atom. The number of benzene rings is 2. The summed E-state index contributed by atoms with van der Waals surface area (Å²) in [4.78, 5) is 15.1. The van der Waals surface area contributed by atoms with Gasteiger partial charge in [-0.3, -0.25) is 14.8 Å². The second kappa shape index (κ2) is 9.04. The lowest BCUT2D eigenvalue weighted by Crippen LogP contribution is -2.45. The fourth-order valence-electron chi connectivity index (χ4n) is 4.29. The topological polar surface area (TPSA) is 92.7 Å². The summed E-state index contributed by atoms with van der Waals surface area (Å²) in [6, 6.07) is 11.6. The van der Waals surface area contributed by atoms with Crippen molar-refractivity contribution in [2.24, 2.45) is 0 Å². The Morgan fingerprint density at radius 1 is 1.06 bits per heavy atom. The van der Waals surface area contributed by atoms with E-state index in [1.807, 2.05) is 31.7 Å². The van der Waals surface area contributed by atoms with Crippen LogP contribution in [-0.4, -0.2) is 62.8 Å². The van der Waals surface area contributed by atoms with Crippen LogP contribution >= 0.6 is 0 Å². The van der Waals surface area contributed by atoms with Gasteiger partial charge in [-0.05, 0) is 35.6 Å². The van der Waals surface area contributed by atoms with E-state index in [0.717, 1.165) is 61.5 Å². The molecule has 0 spiro atoms. The molecule has 32 heavy (non-hydrogen) atoms. The van der Waals surface area contributed by atoms with E-state index in [1.165, 1.54) is 11.6 Å². The summed E-state index contributed by atoms with van der Waals surface area (Å²) >= 11 is 0. The van der Waals surface area contributed by atoms with Crippen LogP contribution < -0.4 is 0 Å². The lowest BCUT2D eigenvalue weighted by atomic mass is 9.94. The van der Waals surface area contributed by atoms with Crippen molar-refractivity contribution >= 4 is 6.41 Å². The predicted octanol–water partition coefficient (Wildman–Crippen LogP) is 3.86. The van der Waals surface area contributed by atoms with Gasteiger partial charge in [0.05, 0.1) is 0 Å². The smallest absolute Gasteiger partial charge is 0.209 e. The monoisotopic (exact) mass is 434 g/mol. The SMILES string of the molecule is Cc1[nH]nc(-c2cc(C(C)C)c(O)cc2O)c1-c1ccc(CN2CCN(C=O)CC2)cc1. The predicted molar refractivity (Wildman–Crippen MR) is 125 cm³/mol. The molecule has 4 rings (SSSR count). The third kappa shape index (κ3) is 4.34. The number of H-pyrrole nitrogens is 1. The number of aryl methyl sites for hydroxylation is 1. The summed E-state index contributed by atoms with van der Waals surface area (Å²) in [5, 5.41) is 28.3. The molecule has 1 saturated heterocycles. The molecule has 2 aromatic carbocycles. The van der Waals surface area contributed by atoms with Gasteiger partial charge in [0.1, 0.15) is 17.2 Å². The van der Waals surface area contributed by atoms with Crippen LogP contribution in [0.25, 0.3) is 22.4 Å². The molecule has 0 unspecified atom stereocenters. The maximum atomic E-state index is 10.9. The van der Waals surface area contributed by atoms with Crippen LogP contribution in [0.15, 0.2) is 36.4 Å². The van der Waals surface area contributed by atoms with Crippen LogP contribution in [0.3, 0.4) is 0 Å². The fourth-order valence-corrected chi connectivity index (χ4v) is 4.29. The first kappa shape index (κ1) is 21.9. The van der Waals surface area contributed by atoms with Gasteiger partial charge in [0.2, 0.25) is 6.41 Å². The van der Waals surface area contributed by atoms with E-state index in [9.17, 15) is 15.0 Å². The Balaban J connectivity index is 1.60. The van der Waals surface area contributed by atoms with Crippen molar-refractivity contribution in [1.82, 2.24) is 20.0 Å². The van der Waals surface area contributed by atoms with Crippen LogP contribution in [0.4, 0.5) is 0 Å². The number of rotatable bonds is 6. The zero-order valence-electron chi connectivity index (χ0n) is 18.8. The van der Waals surface area contributed by atoms with E-state index >= 15 is 0 Å². The normalized spacial score (nSPS) is 14.8. The van der Waals surface area contributed by atoms with E-state index in [0.29, 0.717) is 11.3 Å². The minimum absolute atomic E-state index is 0.00531. The molecule has 0 radical (unpaired) electrons. The van der Waals surface area contributed by atoms with Crippen molar-refractivity contribution in [3.05, 3.63) is 53.2 Å². The van der Waals surface area contributed by atoms with Gasteiger partial charge >= 0.3 is 0 Å². The number of carbonyl (C=O) groups excluding carboxylic acids is 1. The molecule has 7 heteroatoms. The van der Waals surface area contributed by atoms with Gasteiger partial charge in [-0.2, -0.15) is 5.10 Å². The molecule has 1 aliphatic heterocycles. The Bertz CT molecular complexity index is 1100. The van der Waals surface area contributed by atoms with Gasteiger partial charge in [-0.1, -0.05) is 38.1 Å². The maximum absolute atomic E-state index is 10.9. The first-order valence-electron chi connectivity index (χ1n) is 11.0. The fraction of sp³-hybridized carbons (Fsp3) is 0.360. The molecule has 168 valence electrons. The van der Waals surface area contributed by atoms with Gasteiger partial charge in [0, 0.05) is 55.6 Å². The second-order valence-electron chi connectivity index (χ2n) is 8.77. The Kier molecular flexibility index (Phi) is 6.19. The number of aromatic amines is 1. The first-order valence-corrected chi connectivity index (χ1v) is 11.0. The lowest BCUT2D eigenvalue weighted by Gasteiger charge is -2.32. The van der Waals surface area contributed by atoms with Crippen molar-refractivity contribution in [2.75, 3.05) is 26.2 Å². The molecule has 3 N–H and O–H groups in total. The molecule has 0 aliphatic carbocycles. The van der Waals surface area contributed by atoms with Crippen molar-refractivity contribution in [2.45, 2.75) is 33.2 Å². The molecule has 1 aliphatic rings. The molecule has 1 fully saturated rings. The average molecular weight is 435 g/mol. The largest absolute Gasteiger partial charge is 0.508 e. The number of phenolic OH excluding ortho intramolecular Hbond substituents is 2. The van der Waals surface area contributed by atoms with Crippen molar-refractivity contribution in [1.29, 1.82) is 0 Å². The quantitative estimate of drug-likeness (QED) is 0.513. The molecule has 0 bridgehead atoms. The summed E-state index contributed by atoms with van der Waals surface area (Å²) in [6.07, 6.45) is 0.924. The summed E-state index contributed by atoms with van der Waals surface area (Å²) in [7, 11) is 0. The van der Waals surface area contributed by atoms with Crippen molar-refractivity contribution < 1.29 is 15.0 Å². The van der Waals surface area contributed by atoms with E-state index in [4.69, 9.17) is 0 Å². The van der Waals surface area contributed by atoms with Crippen molar-refractivity contribution in [3.8, 4) is 33.9 Å². The Morgan fingerprint density at radius 3 is 2.38 bits per heavy atom. The second-order valence-corrected chi connectivity index (χ2v) is 8.77. The molecule has 2 heterocycles. The average Bonchev–Trinajstić information content (AvgIpc) is 3.15. The van der Waals surface area contributed by atoms with Crippen LogP contribution in [0.1, 0.15) is 36.6 Å². The van der Waals surface area contributed by atoms with E-state index in [1.54, 1.807) is 0 Å². The minimum atomic E-state index is 0.00531. The summed E-state index contributed by atoms with van der Waals surface area (Å²) in [5.41, 5.74) is 6.12. The van der Waals surface area contributed by atoms with Gasteiger partial charge in [0.15, 0.2) is 0 Å². The zero-order chi connectivity index (χ0) is 22.8. The van der Waals surface area contributed by atoms with E-state index < -0.39 is 0 Å². The standard InChI is InChI=1S/C25H30N4O3/c1-16(2)20-12-21(23(32)13-22(20)31)25-24(17(3)26-27-25)19-6-4-18(5-7-19)14-28-8-10-29(15-30)11-9-28/h4-7,12-13,15-16,31-32H,8-11,14H2,1-3H3,(H,26,27). The van der Waals surface area contributed by atoms with Crippen LogP contribution in [0, 0.1) is 6.92 Å². The van der Waals surface area contributed by atoms with E-state index in [-0.39, 0.29) is 17.4 Å². The molecular formula is C25H30N4O3. The number of nitrogens with one attached hydrogen (secondary N) is 1. The zero-order valence-corrected chi connectivity index (χ0v) is 18.8. The third-order valence-corrected chi connectivity index (χ3v) is 6.17. The molecule has 0 atom stereocenters. The molecule has 3 aromatic rings. The van der Waals surface area contributed by atoms with Crippen LogP contribution in [0.5, 0.6) is 11.5 Å². The number of phenols is 2. The third-order valence-electron chi connectivity index (χ3n) is 6.17. The number of hydrogen-bond acceptors (Lipinski definition) is 5. The lowest BCUT2D eigenvalue weighted by molar-refractivity contribution is -0.119. The molecule has 0 saturated carbocycles. The first-order chi connectivity index (χ1) is 15.4. The van der Waals surface area contributed by atoms with Crippen molar-refractivity contribution in [3.63, 3.8) is 0 Å². The van der Waals surface area contributed by atoms with Gasteiger partial charge in [0.25, 0.3) is 0 Å². The highest BCUT2D eigenvalue weighted by Gasteiger charge is 2.20. The molecule has 7 nitrogen and oxygen atoms in total. The van der Waals surface area contributed by atoms with Crippen LogP contribution in [0.2, 0.25) is 0 Å². The molecule has 1 aromatic heterocycles. The highest BCUT2D eigenvalue weighted by Crippen LogP contribution is 2.41. The number of hydrogen-bond donors (Lipinski definition) is 3. The number of aromatic nitrogens is 2.